The summed E-state index contributed by atoms with van der Waals surface area (Å²) in [7, 11) is 0. The van der Waals surface area contributed by atoms with E-state index in [1.807, 2.05) is 17.5 Å². The van der Waals surface area contributed by atoms with Crippen LogP contribution in [0.5, 0.6) is 0 Å². The van der Waals surface area contributed by atoms with Gasteiger partial charge in [-0.25, -0.2) is 4.68 Å². The molecule has 0 saturated heterocycles. The van der Waals surface area contributed by atoms with Crippen LogP contribution in [-0.4, -0.2) is 22.2 Å². The van der Waals surface area contributed by atoms with Gasteiger partial charge < -0.3 is 5.32 Å². The molecule has 122 valence electrons. The molecule has 5 nitrogen and oxygen atoms in total. The van der Waals surface area contributed by atoms with Crippen LogP contribution in [0.1, 0.15) is 32.1 Å². The van der Waals surface area contributed by atoms with Crippen molar-refractivity contribution in [2.45, 2.75) is 38.6 Å². The predicted octanol–water partition coefficient (Wildman–Crippen LogP) is 2.67. The monoisotopic (exact) mass is 331 g/mol. The van der Waals surface area contributed by atoms with Crippen LogP contribution in [-0.2, 0) is 11.3 Å². The Morgan fingerprint density at radius 3 is 2.87 bits per heavy atom. The van der Waals surface area contributed by atoms with Crippen LogP contribution in [0.3, 0.4) is 0 Å². The van der Waals surface area contributed by atoms with Crippen LogP contribution in [0.4, 0.5) is 0 Å². The van der Waals surface area contributed by atoms with Gasteiger partial charge in [0.2, 0.25) is 5.91 Å². The Labute approximate surface area is 139 Å². The maximum Gasteiger partial charge on any atom is 0.266 e. The molecule has 1 saturated carbocycles. The van der Waals surface area contributed by atoms with E-state index in [9.17, 15) is 9.59 Å². The Morgan fingerprint density at radius 2 is 2.13 bits per heavy atom. The average Bonchev–Trinajstić information content (AvgIpc) is 3.22. The van der Waals surface area contributed by atoms with Gasteiger partial charge in [-0.05, 0) is 36.3 Å². The molecule has 2 aromatic heterocycles. The number of aromatic nitrogens is 2. The lowest BCUT2D eigenvalue weighted by Gasteiger charge is -2.10. The second-order valence-electron chi connectivity index (χ2n) is 5.96. The molecule has 1 aliphatic rings. The lowest BCUT2D eigenvalue weighted by Crippen LogP contribution is -2.32. The molecule has 1 amide bonds. The zero-order valence-corrected chi connectivity index (χ0v) is 13.8. The summed E-state index contributed by atoms with van der Waals surface area (Å²) in [4.78, 5) is 24.8. The third kappa shape index (κ3) is 4.28. The Hall–Kier alpha value is -1.95. The van der Waals surface area contributed by atoms with Crippen molar-refractivity contribution >= 4 is 17.2 Å². The summed E-state index contributed by atoms with van der Waals surface area (Å²) < 4.78 is 1.42. The summed E-state index contributed by atoms with van der Waals surface area (Å²) in [6, 6.07) is 7.21. The molecule has 0 radical (unpaired) electrons. The van der Waals surface area contributed by atoms with E-state index in [0.717, 1.165) is 23.4 Å². The summed E-state index contributed by atoms with van der Waals surface area (Å²) in [6.07, 6.45) is 5.42. The van der Waals surface area contributed by atoms with Crippen molar-refractivity contribution in [2.24, 2.45) is 5.92 Å². The Kier molecular flexibility index (Phi) is 5.23. The Bertz CT molecular complexity index is 703. The fourth-order valence-electron chi connectivity index (χ4n) is 3.01. The first kappa shape index (κ1) is 15.9. The van der Waals surface area contributed by atoms with Crippen molar-refractivity contribution in [2.75, 3.05) is 6.54 Å². The Balaban J connectivity index is 1.54. The molecule has 0 aromatic carbocycles. The zero-order valence-electron chi connectivity index (χ0n) is 13.0. The molecule has 6 heteroatoms. The van der Waals surface area contributed by atoms with Crippen LogP contribution in [0.15, 0.2) is 34.4 Å². The molecule has 0 bridgehead atoms. The SMILES string of the molecule is O=C(CC1CCCC1)NCCn1nc(-c2cccs2)ccc1=O. The first-order chi connectivity index (χ1) is 11.2. The van der Waals surface area contributed by atoms with Crippen molar-refractivity contribution in [3.8, 4) is 10.6 Å². The molecule has 1 N–H and O–H groups in total. The van der Waals surface area contributed by atoms with Crippen LogP contribution < -0.4 is 10.9 Å². The smallest absolute Gasteiger partial charge is 0.266 e. The van der Waals surface area contributed by atoms with Gasteiger partial charge in [-0.15, -0.1) is 11.3 Å². The minimum absolute atomic E-state index is 0.0827. The van der Waals surface area contributed by atoms with Gasteiger partial charge in [-0.3, -0.25) is 9.59 Å². The average molecular weight is 331 g/mol. The maximum absolute atomic E-state index is 11.9. The van der Waals surface area contributed by atoms with Gasteiger partial charge in [0.05, 0.1) is 11.4 Å². The minimum Gasteiger partial charge on any atom is -0.354 e. The minimum atomic E-state index is -0.143. The molecule has 0 aliphatic heterocycles. The highest BCUT2D eigenvalue weighted by Gasteiger charge is 2.18. The van der Waals surface area contributed by atoms with E-state index in [4.69, 9.17) is 0 Å². The Morgan fingerprint density at radius 1 is 1.30 bits per heavy atom. The number of nitrogens with one attached hydrogen (secondary N) is 1. The summed E-state index contributed by atoms with van der Waals surface area (Å²) in [5.41, 5.74) is 0.646. The lowest BCUT2D eigenvalue weighted by atomic mass is 10.0. The van der Waals surface area contributed by atoms with Crippen molar-refractivity contribution in [1.29, 1.82) is 0 Å². The van der Waals surface area contributed by atoms with Crippen molar-refractivity contribution < 1.29 is 4.79 Å². The van der Waals surface area contributed by atoms with Crippen LogP contribution in [0.25, 0.3) is 10.6 Å². The second kappa shape index (κ2) is 7.55. The van der Waals surface area contributed by atoms with Gasteiger partial charge in [0, 0.05) is 19.0 Å². The molecule has 0 atom stereocenters. The number of hydrogen-bond acceptors (Lipinski definition) is 4. The molecular weight excluding hydrogens is 310 g/mol. The van der Waals surface area contributed by atoms with E-state index in [0.29, 0.717) is 25.4 Å². The highest BCUT2D eigenvalue weighted by Crippen LogP contribution is 2.27. The van der Waals surface area contributed by atoms with E-state index in [1.54, 1.807) is 17.4 Å². The predicted molar refractivity (Wildman–Crippen MR) is 91.4 cm³/mol. The third-order valence-electron chi connectivity index (χ3n) is 4.23. The number of amides is 1. The van der Waals surface area contributed by atoms with Crippen molar-refractivity contribution in [3.05, 3.63) is 40.0 Å². The topological polar surface area (TPSA) is 64.0 Å². The van der Waals surface area contributed by atoms with Gasteiger partial charge in [0.1, 0.15) is 5.69 Å². The standard InChI is InChI=1S/C17H21N3O2S/c21-16(12-13-4-1-2-5-13)18-9-10-20-17(22)8-7-14(19-20)15-6-3-11-23-15/h3,6-8,11,13H,1-2,4-5,9-10,12H2,(H,18,21). The van der Waals surface area contributed by atoms with Gasteiger partial charge in [0.15, 0.2) is 0 Å². The highest BCUT2D eigenvalue weighted by atomic mass is 32.1. The molecule has 0 spiro atoms. The molecule has 2 aromatic rings. The molecule has 1 aliphatic carbocycles. The number of nitrogens with zero attached hydrogens (tertiary/aromatic N) is 2. The first-order valence-corrected chi connectivity index (χ1v) is 8.99. The fraction of sp³-hybridized carbons (Fsp3) is 0.471. The number of hydrogen-bond donors (Lipinski definition) is 1. The van der Waals surface area contributed by atoms with Crippen molar-refractivity contribution in [3.63, 3.8) is 0 Å². The van der Waals surface area contributed by atoms with E-state index < -0.39 is 0 Å². The van der Waals surface area contributed by atoms with Gasteiger partial charge >= 0.3 is 0 Å². The highest BCUT2D eigenvalue weighted by molar-refractivity contribution is 7.13. The quantitative estimate of drug-likeness (QED) is 0.885. The van der Waals surface area contributed by atoms with E-state index in [2.05, 4.69) is 10.4 Å². The molecule has 2 heterocycles. The number of rotatable bonds is 6. The fourth-order valence-corrected chi connectivity index (χ4v) is 3.71. The molecule has 1 fully saturated rings. The van der Waals surface area contributed by atoms with E-state index >= 15 is 0 Å². The second-order valence-corrected chi connectivity index (χ2v) is 6.91. The first-order valence-electron chi connectivity index (χ1n) is 8.11. The van der Waals surface area contributed by atoms with Crippen molar-refractivity contribution in [1.82, 2.24) is 15.1 Å². The van der Waals surface area contributed by atoms with Gasteiger partial charge in [0.25, 0.3) is 5.56 Å². The van der Waals surface area contributed by atoms with Crippen LogP contribution in [0.2, 0.25) is 0 Å². The van der Waals surface area contributed by atoms with E-state index in [1.165, 1.54) is 23.6 Å². The van der Waals surface area contributed by atoms with Crippen LogP contribution >= 0.6 is 11.3 Å². The molecular formula is C17H21N3O2S. The number of thiophene rings is 1. The lowest BCUT2D eigenvalue weighted by molar-refractivity contribution is -0.122. The summed E-state index contributed by atoms with van der Waals surface area (Å²) >= 11 is 1.59. The maximum atomic E-state index is 11.9. The zero-order chi connectivity index (χ0) is 16.1. The molecule has 0 unspecified atom stereocenters. The van der Waals surface area contributed by atoms with E-state index in [-0.39, 0.29) is 11.5 Å². The number of carbonyl (C=O) groups is 1. The largest absolute Gasteiger partial charge is 0.354 e. The third-order valence-corrected chi connectivity index (χ3v) is 5.13. The van der Waals surface area contributed by atoms with Crippen LogP contribution in [0, 0.1) is 5.92 Å². The molecule has 3 rings (SSSR count). The van der Waals surface area contributed by atoms with Gasteiger partial charge in [-0.1, -0.05) is 18.9 Å². The summed E-state index contributed by atoms with van der Waals surface area (Å²) in [5, 5.41) is 9.26. The summed E-state index contributed by atoms with van der Waals surface area (Å²) in [6.45, 7) is 0.834. The molecule has 23 heavy (non-hydrogen) atoms. The normalized spacial score (nSPS) is 15.0. The summed E-state index contributed by atoms with van der Waals surface area (Å²) in [5.74, 6) is 0.623. The van der Waals surface area contributed by atoms with Gasteiger partial charge in [-0.2, -0.15) is 5.10 Å². The number of carbonyl (C=O) groups excluding carboxylic acids is 1.